The van der Waals surface area contributed by atoms with Crippen LogP contribution in [0.15, 0.2) is 42.6 Å². The van der Waals surface area contributed by atoms with Crippen LogP contribution in [0.5, 0.6) is 5.75 Å². The SMILES string of the molecule is O=C(NCc1cnc2[nH]c(Cl)cc2c1)N1CC(COc2ccc(C(F)(F)F)cc2)C1. The lowest BCUT2D eigenvalue weighted by Gasteiger charge is -2.38. The molecule has 3 heterocycles. The molecule has 4 rings (SSSR count). The van der Waals surface area contributed by atoms with Gasteiger partial charge in [0.1, 0.15) is 16.5 Å². The number of benzene rings is 1. The van der Waals surface area contributed by atoms with Crippen molar-refractivity contribution in [3.8, 4) is 5.75 Å². The molecule has 0 bridgehead atoms. The normalized spacial score (nSPS) is 14.6. The lowest BCUT2D eigenvalue weighted by atomic mass is 10.0. The van der Waals surface area contributed by atoms with Crippen molar-refractivity contribution in [2.45, 2.75) is 12.7 Å². The molecule has 2 aromatic heterocycles. The predicted molar refractivity (Wildman–Crippen MR) is 105 cm³/mol. The van der Waals surface area contributed by atoms with E-state index in [0.29, 0.717) is 42.8 Å². The number of ether oxygens (including phenoxy) is 1. The molecule has 0 atom stereocenters. The number of halogens is 4. The largest absolute Gasteiger partial charge is 0.493 e. The Morgan fingerprint density at radius 3 is 2.70 bits per heavy atom. The van der Waals surface area contributed by atoms with Crippen LogP contribution in [-0.2, 0) is 12.7 Å². The zero-order valence-corrected chi connectivity index (χ0v) is 16.4. The fourth-order valence-corrected chi connectivity index (χ4v) is 3.42. The second kappa shape index (κ2) is 8.06. The van der Waals surface area contributed by atoms with Crippen LogP contribution < -0.4 is 10.1 Å². The van der Waals surface area contributed by atoms with Crippen molar-refractivity contribution in [2.24, 2.45) is 5.92 Å². The molecule has 0 radical (unpaired) electrons. The van der Waals surface area contributed by atoms with Gasteiger partial charge in [-0.1, -0.05) is 11.6 Å². The van der Waals surface area contributed by atoms with Gasteiger partial charge in [0.25, 0.3) is 0 Å². The molecule has 0 aliphatic carbocycles. The molecule has 1 aliphatic heterocycles. The third kappa shape index (κ3) is 4.62. The molecule has 6 nitrogen and oxygen atoms in total. The van der Waals surface area contributed by atoms with Crippen LogP contribution in [0.2, 0.25) is 5.15 Å². The van der Waals surface area contributed by atoms with E-state index in [0.717, 1.165) is 23.1 Å². The molecular formula is C20H18ClF3N4O2. The van der Waals surface area contributed by atoms with E-state index in [9.17, 15) is 18.0 Å². The van der Waals surface area contributed by atoms with Gasteiger partial charge in [-0.05, 0) is 42.0 Å². The first-order valence-corrected chi connectivity index (χ1v) is 9.62. The number of aromatic nitrogens is 2. The lowest BCUT2D eigenvalue weighted by Crippen LogP contribution is -2.55. The van der Waals surface area contributed by atoms with Crippen LogP contribution in [0.1, 0.15) is 11.1 Å². The maximum absolute atomic E-state index is 12.6. The molecule has 1 fully saturated rings. The number of nitrogens with zero attached hydrogens (tertiary/aromatic N) is 2. The molecule has 0 saturated carbocycles. The minimum absolute atomic E-state index is 0.137. The zero-order valence-electron chi connectivity index (χ0n) is 15.7. The Morgan fingerprint density at radius 1 is 1.27 bits per heavy atom. The van der Waals surface area contributed by atoms with Crippen molar-refractivity contribution in [2.75, 3.05) is 19.7 Å². The van der Waals surface area contributed by atoms with Gasteiger partial charge in [0.15, 0.2) is 0 Å². The number of alkyl halides is 3. The molecule has 2 amide bonds. The average molecular weight is 439 g/mol. The number of pyridine rings is 1. The van der Waals surface area contributed by atoms with E-state index in [1.807, 2.05) is 6.07 Å². The maximum atomic E-state index is 12.6. The van der Waals surface area contributed by atoms with Crippen molar-refractivity contribution in [3.05, 3.63) is 58.9 Å². The number of hydrogen-bond acceptors (Lipinski definition) is 3. The number of urea groups is 1. The van der Waals surface area contributed by atoms with Crippen molar-refractivity contribution >= 4 is 28.7 Å². The van der Waals surface area contributed by atoms with Crippen LogP contribution in [0.3, 0.4) is 0 Å². The van der Waals surface area contributed by atoms with E-state index in [4.69, 9.17) is 16.3 Å². The van der Waals surface area contributed by atoms with Crippen molar-refractivity contribution < 1.29 is 22.7 Å². The molecule has 1 saturated heterocycles. The summed E-state index contributed by atoms with van der Waals surface area (Å²) in [5.41, 5.74) is 0.832. The van der Waals surface area contributed by atoms with Gasteiger partial charge >= 0.3 is 12.2 Å². The number of carbonyl (C=O) groups is 1. The van der Waals surface area contributed by atoms with Gasteiger partial charge in [-0.15, -0.1) is 0 Å². The van der Waals surface area contributed by atoms with Gasteiger partial charge in [-0.3, -0.25) is 0 Å². The van der Waals surface area contributed by atoms with Crippen LogP contribution in [0.4, 0.5) is 18.0 Å². The van der Waals surface area contributed by atoms with E-state index >= 15 is 0 Å². The predicted octanol–water partition coefficient (Wildman–Crippen LogP) is 4.46. The fraction of sp³-hybridized carbons (Fsp3) is 0.300. The molecule has 1 aromatic carbocycles. The molecule has 1 aliphatic rings. The third-order valence-corrected chi connectivity index (χ3v) is 5.05. The number of fused-ring (bicyclic) bond motifs is 1. The van der Waals surface area contributed by atoms with E-state index < -0.39 is 11.7 Å². The summed E-state index contributed by atoms with van der Waals surface area (Å²) in [6.07, 6.45) is -2.69. The topological polar surface area (TPSA) is 70.2 Å². The number of carbonyl (C=O) groups excluding carboxylic acids is 1. The number of nitrogens with one attached hydrogen (secondary N) is 2. The Morgan fingerprint density at radius 2 is 2.00 bits per heavy atom. The second-order valence-corrected chi connectivity index (χ2v) is 7.57. The summed E-state index contributed by atoms with van der Waals surface area (Å²) in [5.74, 6) is 0.511. The monoisotopic (exact) mass is 438 g/mol. The third-order valence-electron chi connectivity index (χ3n) is 4.85. The first kappa shape index (κ1) is 20.3. The Kier molecular flexibility index (Phi) is 5.46. The summed E-state index contributed by atoms with van der Waals surface area (Å²) in [5, 5.41) is 4.22. The van der Waals surface area contributed by atoms with E-state index in [2.05, 4.69) is 15.3 Å². The number of H-pyrrole nitrogens is 1. The van der Waals surface area contributed by atoms with Crippen molar-refractivity contribution in [3.63, 3.8) is 0 Å². The molecule has 2 N–H and O–H groups in total. The fourth-order valence-electron chi connectivity index (χ4n) is 3.21. The van der Waals surface area contributed by atoms with Crippen LogP contribution in [0.25, 0.3) is 11.0 Å². The molecule has 0 spiro atoms. The first-order valence-electron chi connectivity index (χ1n) is 9.24. The summed E-state index contributed by atoms with van der Waals surface area (Å²) >= 11 is 5.91. The summed E-state index contributed by atoms with van der Waals surface area (Å²) < 4.78 is 43.2. The Bertz CT molecular complexity index is 1050. The highest BCUT2D eigenvalue weighted by Gasteiger charge is 2.32. The molecular weight excluding hydrogens is 421 g/mol. The highest BCUT2D eigenvalue weighted by atomic mass is 35.5. The van der Waals surface area contributed by atoms with Crippen molar-refractivity contribution in [1.82, 2.24) is 20.2 Å². The van der Waals surface area contributed by atoms with Crippen LogP contribution in [0, 0.1) is 5.92 Å². The highest BCUT2D eigenvalue weighted by molar-refractivity contribution is 6.30. The molecule has 158 valence electrons. The summed E-state index contributed by atoms with van der Waals surface area (Å²) in [7, 11) is 0. The number of rotatable bonds is 5. The summed E-state index contributed by atoms with van der Waals surface area (Å²) in [6.45, 7) is 1.73. The van der Waals surface area contributed by atoms with E-state index in [1.165, 1.54) is 12.1 Å². The highest BCUT2D eigenvalue weighted by Crippen LogP contribution is 2.30. The minimum Gasteiger partial charge on any atom is -0.493 e. The molecule has 30 heavy (non-hydrogen) atoms. The average Bonchev–Trinajstić information content (AvgIpc) is 3.04. The quantitative estimate of drug-likeness (QED) is 0.618. The Hall–Kier alpha value is -2.94. The second-order valence-electron chi connectivity index (χ2n) is 7.16. The standard InChI is InChI=1S/C20H18ClF3N4O2/c21-17-6-14-5-12(7-25-18(14)27-17)8-26-19(29)28-9-13(10-28)11-30-16-3-1-15(2-4-16)20(22,23)24/h1-7,13H,8-11H2,(H,25,27)(H,26,29). The lowest BCUT2D eigenvalue weighted by molar-refractivity contribution is -0.137. The van der Waals surface area contributed by atoms with Gasteiger partial charge in [-0.25, -0.2) is 9.78 Å². The molecule has 0 unspecified atom stereocenters. The minimum atomic E-state index is -4.36. The van der Waals surface area contributed by atoms with E-state index in [1.54, 1.807) is 17.2 Å². The zero-order chi connectivity index (χ0) is 21.3. The number of likely N-dealkylation sites (tertiary alicyclic amines) is 1. The number of amides is 2. The van der Waals surface area contributed by atoms with Gasteiger partial charge in [0, 0.05) is 37.1 Å². The Labute approximate surface area is 175 Å². The van der Waals surface area contributed by atoms with Crippen LogP contribution >= 0.6 is 11.6 Å². The van der Waals surface area contributed by atoms with Gasteiger partial charge in [0.2, 0.25) is 0 Å². The summed E-state index contributed by atoms with van der Waals surface area (Å²) in [4.78, 5) is 21.1. The van der Waals surface area contributed by atoms with E-state index in [-0.39, 0.29) is 11.9 Å². The molecule has 3 aromatic rings. The number of hydrogen-bond donors (Lipinski definition) is 2. The Balaban J connectivity index is 1.19. The summed E-state index contributed by atoms with van der Waals surface area (Å²) in [6, 6.07) is 8.07. The van der Waals surface area contributed by atoms with Gasteiger partial charge in [-0.2, -0.15) is 13.2 Å². The maximum Gasteiger partial charge on any atom is 0.416 e. The van der Waals surface area contributed by atoms with Gasteiger partial charge in [0.05, 0.1) is 12.2 Å². The first-order chi connectivity index (χ1) is 14.3. The van der Waals surface area contributed by atoms with Crippen LogP contribution in [-0.4, -0.2) is 40.6 Å². The smallest absolute Gasteiger partial charge is 0.416 e. The number of aromatic amines is 1. The van der Waals surface area contributed by atoms with Gasteiger partial charge < -0.3 is 19.9 Å². The van der Waals surface area contributed by atoms with Crippen molar-refractivity contribution in [1.29, 1.82) is 0 Å². The molecule has 10 heteroatoms.